The Morgan fingerprint density at radius 3 is 2.96 bits per heavy atom. The lowest BCUT2D eigenvalue weighted by molar-refractivity contribution is -0.136. The quantitative estimate of drug-likeness (QED) is 0.760. The highest BCUT2D eigenvalue weighted by Crippen LogP contribution is 2.36. The summed E-state index contributed by atoms with van der Waals surface area (Å²) in [6, 6.07) is 3.46. The molecular formula is C18H21BrClN3O3. The maximum absolute atomic E-state index is 12.9. The molecule has 8 heteroatoms. The molecule has 2 aromatic rings. The summed E-state index contributed by atoms with van der Waals surface area (Å²) in [6.45, 7) is 2.61. The standard InChI is InChI=1S/C18H21BrClN3O3/c19-12-5-14-11(4-13(12)20)17(25)23(10-22-14)7-18(8-26-9-18)6-15-16(24)2-1-3-21-15/h4-5,10,15-16,21,24H,1-3,6-9H2/t15-,16+/m0/s1. The van der Waals surface area contributed by atoms with Gasteiger partial charge in [-0.2, -0.15) is 0 Å². The van der Waals surface area contributed by atoms with E-state index in [-0.39, 0.29) is 23.1 Å². The summed E-state index contributed by atoms with van der Waals surface area (Å²) < 4.78 is 7.84. The van der Waals surface area contributed by atoms with Crippen molar-refractivity contribution in [3.8, 4) is 0 Å². The molecule has 0 bridgehead atoms. The Hall–Kier alpha value is -0.990. The first-order chi connectivity index (χ1) is 12.5. The number of ether oxygens (including phenoxy) is 1. The number of piperidine rings is 1. The van der Waals surface area contributed by atoms with Crippen molar-refractivity contribution in [1.82, 2.24) is 14.9 Å². The van der Waals surface area contributed by atoms with E-state index in [0.717, 1.165) is 30.3 Å². The zero-order valence-corrected chi connectivity index (χ0v) is 16.6. The van der Waals surface area contributed by atoms with E-state index >= 15 is 0 Å². The van der Waals surface area contributed by atoms with Gasteiger partial charge in [-0.1, -0.05) is 11.6 Å². The molecule has 0 spiro atoms. The van der Waals surface area contributed by atoms with Crippen LogP contribution in [-0.2, 0) is 11.3 Å². The number of halogens is 2. The third kappa shape index (κ3) is 3.43. The van der Waals surface area contributed by atoms with Gasteiger partial charge in [-0.25, -0.2) is 4.98 Å². The Balaban J connectivity index is 1.61. The van der Waals surface area contributed by atoms with Gasteiger partial charge in [0.1, 0.15) is 0 Å². The van der Waals surface area contributed by atoms with Crippen molar-refractivity contribution in [2.45, 2.75) is 38.0 Å². The van der Waals surface area contributed by atoms with Crippen molar-refractivity contribution >= 4 is 38.4 Å². The number of rotatable bonds is 4. The van der Waals surface area contributed by atoms with Crippen LogP contribution in [0.1, 0.15) is 19.3 Å². The number of nitrogens with zero attached hydrogens (tertiary/aromatic N) is 2. The third-order valence-electron chi connectivity index (χ3n) is 5.39. The van der Waals surface area contributed by atoms with E-state index in [0.29, 0.717) is 35.7 Å². The summed E-state index contributed by atoms with van der Waals surface area (Å²) in [5.74, 6) is 0. The fourth-order valence-corrected chi connectivity index (χ4v) is 4.40. The maximum Gasteiger partial charge on any atom is 0.261 e. The molecular weight excluding hydrogens is 422 g/mol. The Morgan fingerprint density at radius 2 is 2.27 bits per heavy atom. The minimum Gasteiger partial charge on any atom is -0.392 e. The number of aliphatic hydroxyl groups excluding tert-OH is 1. The Labute approximate surface area is 164 Å². The molecule has 26 heavy (non-hydrogen) atoms. The molecule has 1 aromatic carbocycles. The smallest absolute Gasteiger partial charge is 0.261 e. The maximum atomic E-state index is 12.9. The second-order valence-electron chi connectivity index (χ2n) is 7.43. The average molecular weight is 443 g/mol. The molecule has 3 heterocycles. The molecule has 0 radical (unpaired) electrons. The molecule has 2 fully saturated rings. The highest BCUT2D eigenvalue weighted by molar-refractivity contribution is 9.10. The fourth-order valence-electron chi connectivity index (χ4n) is 3.90. The van der Waals surface area contributed by atoms with E-state index in [2.05, 4.69) is 26.2 Å². The van der Waals surface area contributed by atoms with E-state index in [1.807, 2.05) is 0 Å². The molecule has 6 nitrogen and oxygen atoms in total. The van der Waals surface area contributed by atoms with Gasteiger partial charge in [-0.15, -0.1) is 0 Å². The summed E-state index contributed by atoms with van der Waals surface area (Å²) in [5, 5.41) is 14.7. The predicted octanol–water partition coefficient (Wildman–Crippen LogP) is 2.33. The first-order valence-corrected chi connectivity index (χ1v) is 9.98. The summed E-state index contributed by atoms with van der Waals surface area (Å²) >= 11 is 9.51. The van der Waals surface area contributed by atoms with Gasteiger partial charge in [-0.3, -0.25) is 9.36 Å². The van der Waals surface area contributed by atoms with E-state index in [4.69, 9.17) is 16.3 Å². The van der Waals surface area contributed by atoms with Gasteiger partial charge in [0.25, 0.3) is 5.56 Å². The van der Waals surface area contributed by atoms with Crippen molar-refractivity contribution in [2.24, 2.45) is 5.41 Å². The van der Waals surface area contributed by atoms with Gasteiger partial charge in [0.2, 0.25) is 0 Å². The average Bonchev–Trinajstić information content (AvgIpc) is 2.59. The SMILES string of the molecule is O=c1c2cc(Cl)c(Br)cc2ncn1CC1(C[C@@H]2NCCC[C@H]2O)COC1. The molecule has 2 N–H and O–H groups in total. The van der Waals surface area contributed by atoms with Crippen LogP contribution in [0.25, 0.3) is 10.9 Å². The van der Waals surface area contributed by atoms with Gasteiger partial charge in [0.15, 0.2) is 0 Å². The first-order valence-electron chi connectivity index (χ1n) is 8.81. The van der Waals surface area contributed by atoms with Crippen molar-refractivity contribution < 1.29 is 9.84 Å². The predicted molar refractivity (Wildman–Crippen MR) is 104 cm³/mol. The highest BCUT2D eigenvalue weighted by atomic mass is 79.9. The molecule has 1 aromatic heterocycles. The lowest BCUT2D eigenvalue weighted by Gasteiger charge is -2.45. The summed E-state index contributed by atoms with van der Waals surface area (Å²) in [5.41, 5.74) is 0.354. The lowest BCUT2D eigenvalue weighted by atomic mass is 9.77. The second-order valence-corrected chi connectivity index (χ2v) is 8.69. The minimum absolute atomic E-state index is 0.0437. The molecule has 2 aliphatic rings. The number of aliphatic hydroxyl groups is 1. The van der Waals surface area contributed by atoms with Gasteiger partial charge in [0, 0.05) is 22.5 Å². The van der Waals surface area contributed by atoms with Gasteiger partial charge < -0.3 is 15.2 Å². The summed E-state index contributed by atoms with van der Waals surface area (Å²) in [6.07, 6.45) is 3.84. The van der Waals surface area contributed by atoms with Crippen LogP contribution in [0.2, 0.25) is 5.02 Å². The number of nitrogens with one attached hydrogen (secondary N) is 1. The van der Waals surface area contributed by atoms with Crippen LogP contribution in [0.15, 0.2) is 27.7 Å². The van der Waals surface area contributed by atoms with Gasteiger partial charge in [-0.05, 0) is 53.9 Å². The number of hydrogen-bond acceptors (Lipinski definition) is 5. The van der Waals surface area contributed by atoms with Crippen LogP contribution in [0.5, 0.6) is 0 Å². The zero-order chi connectivity index (χ0) is 18.3. The van der Waals surface area contributed by atoms with Crippen LogP contribution in [-0.4, -0.2) is 46.6 Å². The van der Waals surface area contributed by atoms with Crippen LogP contribution in [0.3, 0.4) is 0 Å². The molecule has 0 aliphatic carbocycles. The molecule has 2 saturated heterocycles. The normalized spacial score (nSPS) is 25.2. The third-order valence-corrected chi connectivity index (χ3v) is 6.59. The molecule has 0 amide bonds. The van der Waals surface area contributed by atoms with E-state index in [1.54, 1.807) is 23.0 Å². The summed E-state index contributed by atoms with van der Waals surface area (Å²) in [7, 11) is 0. The van der Waals surface area contributed by atoms with Crippen molar-refractivity contribution in [1.29, 1.82) is 0 Å². The Kier molecular flexibility index (Phi) is 5.09. The second kappa shape index (κ2) is 7.20. The van der Waals surface area contributed by atoms with Crippen LogP contribution in [0.4, 0.5) is 0 Å². The zero-order valence-electron chi connectivity index (χ0n) is 14.3. The van der Waals surface area contributed by atoms with Gasteiger partial charge in [0.05, 0.1) is 41.6 Å². The van der Waals surface area contributed by atoms with E-state index < -0.39 is 0 Å². The molecule has 2 aliphatic heterocycles. The van der Waals surface area contributed by atoms with Crippen molar-refractivity contribution in [3.05, 3.63) is 38.3 Å². The van der Waals surface area contributed by atoms with E-state index in [1.165, 1.54) is 0 Å². The topological polar surface area (TPSA) is 76.4 Å². The van der Waals surface area contributed by atoms with Gasteiger partial charge >= 0.3 is 0 Å². The molecule has 140 valence electrons. The molecule has 0 unspecified atom stereocenters. The largest absolute Gasteiger partial charge is 0.392 e. The van der Waals surface area contributed by atoms with Crippen molar-refractivity contribution in [3.63, 3.8) is 0 Å². The van der Waals surface area contributed by atoms with Crippen molar-refractivity contribution in [2.75, 3.05) is 19.8 Å². The lowest BCUT2D eigenvalue weighted by Crippen LogP contribution is -2.55. The number of benzene rings is 1. The fraction of sp³-hybridized carbons (Fsp3) is 0.556. The highest BCUT2D eigenvalue weighted by Gasteiger charge is 2.43. The Morgan fingerprint density at radius 1 is 1.46 bits per heavy atom. The molecule has 0 saturated carbocycles. The molecule has 2 atom stereocenters. The van der Waals surface area contributed by atoms with Crippen LogP contribution >= 0.6 is 27.5 Å². The number of hydrogen-bond donors (Lipinski definition) is 2. The molecule has 4 rings (SSSR count). The monoisotopic (exact) mass is 441 g/mol. The van der Waals surface area contributed by atoms with Crippen LogP contribution in [0, 0.1) is 5.41 Å². The van der Waals surface area contributed by atoms with E-state index in [9.17, 15) is 9.90 Å². The minimum atomic E-state index is -0.344. The number of aromatic nitrogens is 2. The number of fused-ring (bicyclic) bond motifs is 1. The van der Waals surface area contributed by atoms with Crippen LogP contribution < -0.4 is 10.9 Å². The Bertz CT molecular complexity index is 884. The summed E-state index contributed by atoms with van der Waals surface area (Å²) in [4.78, 5) is 17.3. The first kappa shape index (κ1) is 18.4.